The van der Waals surface area contributed by atoms with Crippen molar-refractivity contribution in [3.63, 3.8) is 0 Å². The number of allylic oxidation sites excluding steroid dienone is 1. The first-order chi connectivity index (χ1) is 48.8. The third-order valence-electron chi connectivity index (χ3n) is 14.7. The van der Waals surface area contributed by atoms with E-state index in [1.165, 1.54) is 74.3 Å². The molecule has 0 amide bonds. The molecule has 10 rings (SSSR count). The molecule has 0 N–H and O–H groups in total. The molecule has 0 fully saturated rings. The molecule has 104 heavy (non-hydrogen) atoms. The number of halogens is 2. The Balaban J connectivity index is 0.000000592. The van der Waals surface area contributed by atoms with Gasteiger partial charge in [-0.3, -0.25) is 28.8 Å². The van der Waals surface area contributed by atoms with Gasteiger partial charge in [0.25, 0.3) is 0 Å². The Morgan fingerprint density at radius 2 is 0.827 bits per heavy atom. The lowest BCUT2D eigenvalue weighted by molar-refractivity contribution is -0.152. The van der Waals surface area contributed by atoms with E-state index in [0.29, 0.717) is 25.0 Å². The summed E-state index contributed by atoms with van der Waals surface area (Å²) in [7, 11) is -3.02. The van der Waals surface area contributed by atoms with Crippen LogP contribution in [-0.2, 0) is 71.3 Å². The van der Waals surface area contributed by atoms with E-state index in [2.05, 4.69) is 68.6 Å². The number of hydrogen-bond donors (Lipinski definition) is 0. The number of carbonyl (C=O) groups is 7. The molecule has 0 bridgehead atoms. The lowest BCUT2D eigenvalue weighted by Crippen LogP contribution is -2.31. The number of hydrogen-bond acceptors (Lipinski definition) is 12. The molecule has 0 radical (unpaired) electrons. The number of aryl methyl sites for hydroxylation is 2. The highest BCUT2D eigenvalue weighted by Crippen LogP contribution is 2.44. The number of benzene rings is 9. The van der Waals surface area contributed by atoms with Gasteiger partial charge < -0.3 is 19.0 Å². The summed E-state index contributed by atoms with van der Waals surface area (Å²) in [5.41, 5.74) is 13.5. The first kappa shape index (κ1) is 91.4. The Morgan fingerprint density at radius 3 is 1.12 bits per heavy atom. The van der Waals surface area contributed by atoms with Crippen LogP contribution in [0, 0.1) is 6.92 Å². The van der Waals surface area contributed by atoms with Crippen molar-refractivity contribution in [3.8, 4) is 11.1 Å². The van der Waals surface area contributed by atoms with Crippen LogP contribution in [-0.4, -0.2) is 73.8 Å². The molecule has 0 unspecified atom stereocenters. The standard InChI is InChI=1S/C16H14O2.C16H16O.C11H12O.C9H10O2.C8H10O2S.C8H10.C8H8.C6H12O2.C4H6F2O.C3H6O/c1-11(17)18-10-16-14-8-4-2-6-12(14)13-7-3-5-9-15(13)16;1-13(17)16(2,14-9-5-3-6-10-14)15-11-7-4-8-12-15;1-8(2)10-6-4-5-7-11(10)9(3)12;1-8(10)11-7-9-5-3-2-4-6-9;1-7-3-5-8(6-4-7)11(2,9)10;2*1-2-8-6-4-3-5-7-8;1-5(7)8-6(2,3)4;1-3(7)4(2,5)6;1-3(2)4/h2-9,16H,10H2,1H3;3-12H,1-2H3;4-7H,1H2,2-3H3;2-6H,7H2,1H3;3-6H,1-2H3;3-7H,2H2,1H3;2-7H,1H2;1-4H3;1-2H3;1-2H3. The number of alkyl halides is 2. The summed E-state index contributed by atoms with van der Waals surface area (Å²) in [5, 5.41) is 0. The summed E-state index contributed by atoms with van der Waals surface area (Å²) in [6.45, 7) is 33.7. The van der Waals surface area contributed by atoms with Gasteiger partial charge in [-0.15, -0.1) is 0 Å². The van der Waals surface area contributed by atoms with Crippen LogP contribution in [0.2, 0.25) is 0 Å². The number of ether oxygens (including phenoxy) is 3. The van der Waals surface area contributed by atoms with Crippen molar-refractivity contribution in [2.75, 3.05) is 12.9 Å². The molecular weight excluding hydrogens is 1330 g/mol. The maximum atomic E-state index is 12.1. The molecule has 12 nitrogen and oxygen atoms in total. The minimum absolute atomic E-state index is 0.0913. The summed E-state index contributed by atoms with van der Waals surface area (Å²) < 4.78 is 59.7. The molecule has 0 saturated heterocycles. The van der Waals surface area contributed by atoms with E-state index in [1.54, 1.807) is 38.1 Å². The van der Waals surface area contributed by atoms with Gasteiger partial charge in [0.2, 0.25) is 0 Å². The molecule has 0 heterocycles. The summed E-state index contributed by atoms with van der Waals surface area (Å²) in [6, 6.07) is 80.9. The largest absolute Gasteiger partial charge is 0.465 e. The lowest BCUT2D eigenvalue weighted by Gasteiger charge is -2.28. The highest BCUT2D eigenvalue weighted by molar-refractivity contribution is 7.90. The minimum Gasteiger partial charge on any atom is -0.465 e. The molecule has 0 atom stereocenters. The van der Waals surface area contributed by atoms with Gasteiger partial charge in [0.15, 0.2) is 21.4 Å². The third kappa shape index (κ3) is 37.3. The summed E-state index contributed by atoms with van der Waals surface area (Å²) in [5.74, 6) is -4.33. The van der Waals surface area contributed by atoms with Crippen molar-refractivity contribution in [1.29, 1.82) is 0 Å². The maximum Gasteiger partial charge on any atom is 0.303 e. The zero-order valence-corrected chi connectivity index (χ0v) is 64.2. The van der Waals surface area contributed by atoms with Crippen LogP contribution in [0.25, 0.3) is 22.8 Å². The van der Waals surface area contributed by atoms with E-state index >= 15 is 0 Å². The Hall–Kier alpha value is -10.6. The second kappa shape index (κ2) is 47.5. The fraction of sp³-hybridized carbons (Fsp3) is 0.270. The van der Waals surface area contributed by atoms with Gasteiger partial charge >= 0.3 is 23.8 Å². The summed E-state index contributed by atoms with van der Waals surface area (Å²) >= 11 is 0. The molecule has 0 aliphatic heterocycles. The maximum absolute atomic E-state index is 12.1. The predicted molar refractivity (Wildman–Crippen MR) is 419 cm³/mol. The second-order valence-corrected chi connectivity index (χ2v) is 27.2. The molecule has 0 spiro atoms. The predicted octanol–water partition coefficient (Wildman–Crippen LogP) is 20.8. The van der Waals surface area contributed by atoms with Crippen LogP contribution in [0.1, 0.15) is 170 Å². The zero-order valence-electron chi connectivity index (χ0n) is 63.4. The van der Waals surface area contributed by atoms with Crippen molar-refractivity contribution in [2.24, 2.45) is 0 Å². The van der Waals surface area contributed by atoms with Gasteiger partial charge in [0.05, 0.1) is 10.3 Å². The van der Waals surface area contributed by atoms with Gasteiger partial charge in [0, 0.05) is 52.4 Å². The van der Waals surface area contributed by atoms with Crippen LogP contribution in [0.4, 0.5) is 8.78 Å². The van der Waals surface area contributed by atoms with Crippen LogP contribution in [0.5, 0.6) is 0 Å². The second-order valence-electron chi connectivity index (χ2n) is 25.2. The fourth-order valence-electron chi connectivity index (χ4n) is 9.20. The van der Waals surface area contributed by atoms with E-state index in [4.69, 9.17) is 14.2 Å². The molecular formula is C89H104F2O12S. The normalized spacial score (nSPS) is 10.6. The number of fused-ring (bicyclic) bond motifs is 3. The Kier molecular flexibility index (Phi) is 41.8. The fourth-order valence-corrected chi connectivity index (χ4v) is 9.83. The van der Waals surface area contributed by atoms with Gasteiger partial charge in [-0.2, -0.15) is 8.78 Å². The number of ketones is 4. The van der Waals surface area contributed by atoms with Crippen LogP contribution >= 0.6 is 0 Å². The smallest absolute Gasteiger partial charge is 0.303 e. The van der Waals surface area contributed by atoms with Gasteiger partial charge in [-0.05, 0) is 143 Å². The first-order valence-corrected chi connectivity index (χ1v) is 35.6. The SMILES string of the molecule is C=C(C)c1ccccc1C(C)=O.C=Cc1ccccc1.CC(=O)C(C)(F)F.CC(=O)C(C)(c1ccccc1)c1ccccc1.CC(=O)OC(C)(C)C.CC(=O)OCC1c2ccccc2-c2ccccc21.CC(=O)OCc1ccccc1.CC(C)=O.CCc1ccccc1.Cc1ccc(S(C)(=O)=O)cc1. The quantitative estimate of drug-likeness (QED) is 0.0606. The van der Waals surface area contributed by atoms with E-state index in [0.717, 1.165) is 52.3 Å². The lowest BCUT2D eigenvalue weighted by atomic mass is 9.73. The van der Waals surface area contributed by atoms with E-state index in [-0.39, 0.29) is 46.8 Å². The molecule has 0 saturated carbocycles. The summed E-state index contributed by atoms with van der Waals surface area (Å²) in [4.78, 5) is 74.4. The topological polar surface area (TPSA) is 181 Å². The number of esters is 3. The third-order valence-corrected chi connectivity index (χ3v) is 15.8. The Bertz CT molecular complexity index is 4080. The van der Waals surface area contributed by atoms with Crippen molar-refractivity contribution in [1.82, 2.24) is 0 Å². The van der Waals surface area contributed by atoms with E-state index in [1.807, 2.05) is 224 Å². The van der Waals surface area contributed by atoms with Crippen molar-refractivity contribution in [3.05, 3.63) is 318 Å². The molecule has 9 aromatic rings. The van der Waals surface area contributed by atoms with E-state index in [9.17, 15) is 50.8 Å². The van der Waals surface area contributed by atoms with Crippen LogP contribution in [0.3, 0.4) is 0 Å². The Labute approximate surface area is 617 Å². The number of Topliss-reactive ketones (excluding diaryl/α,β-unsaturated/α-hetero) is 4. The zero-order chi connectivity index (χ0) is 78.6. The van der Waals surface area contributed by atoms with Crippen molar-refractivity contribution < 1.29 is 65.0 Å². The molecule has 1 aliphatic carbocycles. The van der Waals surface area contributed by atoms with Crippen LogP contribution in [0.15, 0.2) is 267 Å². The average molecular weight is 1440 g/mol. The monoisotopic (exact) mass is 1430 g/mol. The first-order valence-electron chi connectivity index (χ1n) is 33.7. The van der Waals surface area contributed by atoms with Crippen LogP contribution < -0.4 is 0 Å². The average Bonchev–Trinajstić information content (AvgIpc) is 1.58. The van der Waals surface area contributed by atoms with Gasteiger partial charge in [0.1, 0.15) is 30.4 Å². The van der Waals surface area contributed by atoms with E-state index < -0.39 is 27.0 Å². The molecule has 1 aliphatic rings. The Morgan fingerprint density at radius 1 is 0.471 bits per heavy atom. The van der Waals surface area contributed by atoms with Crippen molar-refractivity contribution in [2.45, 2.75) is 152 Å². The summed E-state index contributed by atoms with van der Waals surface area (Å²) in [6.07, 6.45) is 4.18. The number of rotatable bonds is 13. The van der Waals surface area contributed by atoms with Gasteiger partial charge in [-0.25, -0.2) is 8.42 Å². The molecule has 552 valence electrons. The molecule has 0 aromatic heterocycles. The minimum atomic E-state index is -3.14. The molecule has 9 aromatic carbocycles. The number of carbonyl (C=O) groups excluding carboxylic acids is 7. The van der Waals surface area contributed by atoms with Crippen molar-refractivity contribution >= 4 is 62.5 Å². The van der Waals surface area contributed by atoms with Gasteiger partial charge in [-0.1, -0.05) is 274 Å². The molecule has 15 heteroatoms. The number of sulfone groups is 1. The highest BCUT2D eigenvalue weighted by Gasteiger charge is 2.34. The highest BCUT2D eigenvalue weighted by atomic mass is 32.2.